The molecule has 0 saturated heterocycles. The molecule has 0 rings (SSSR count). The van der Waals surface area contributed by atoms with Crippen molar-refractivity contribution in [3.8, 4) is 0 Å². The van der Waals surface area contributed by atoms with Crippen molar-refractivity contribution in [3.05, 3.63) is 17.4 Å². The number of halogens is 16. The van der Waals surface area contributed by atoms with Crippen molar-refractivity contribution in [1.29, 1.82) is 0 Å². The third kappa shape index (κ3) is 7.50. The molecule has 0 amide bonds. The van der Waals surface area contributed by atoms with Crippen LogP contribution in [-0.2, 0) is 0 Å². The summed E-state index contributed by atoms with van der Waals surface area (Å²) in [5, 5.41) is 0. The molecular weight excluding hydrogens is 436 g/mol. The normalized spacial score (nSPS) is 13.7. The quantitative estimate of drug-likeness (QED) is 0.320. The van der Waals surface area contributed by atoms with Gasteiger partial charge >= 0.3 is 36.5 Å². The molecule has 0 atom stereocenters. The topological polar surface area (TPSA) is 0 Å². The van der Waals surface area contributed by atoms with Gasteiger partial charge in [0, 0.05) is 5.57 Å². The second kappa shape index (κ2) is 8.61. The fraction of sp³-hybridized carbons (Fsp3) is 0.727. The van der Waals surface area contributed by atoms with Crippen LogP contribution in [0.3, 0.4) is 0 Å². The Balaban J connectivity index is 0. The van der Waals surface area contributed by atoms with Gasteiger partial charge in [-0.2, -0.15) is 61.5 Å². The first-order valence-corrected chi connectivity index (χ1v) is 5.94. The summed E-state index contributed by atoms with van der Waals surface area (Å²) >= 11 is 0. The summed E-state index contributed by atoms with van der Waals surface area (Å²) < 4.78 is 185. The molecule has 0 bridgehead atoms. The van der Waals surface area contributed by atoms with Gasteiger partial charge < -0.3 is 0 Å². The van der Waals surface area contributed by atoms with Crippen LogP contribution in [0.1, 0.15) is 13.3 Å². The molecule has 0 aromatic carbocycles. The minimum absolute atomic E-state index is 0.468. The maximum atomic E-state index is 13.1. The maximum absolute atomic E-state index is 13.1. The summed E-state index contributed by atoms with van der Waals surface area (Å²) in [4.78, 5) is 0. The van der Waals surface area contributed by atoms with Crippen LogP contribution in [0.5, 0.6) is 0 Å². The van der Waals surface area contributed by atoms with Crippen molar-refractivity contribution in [2.45, 2.75) is 49.9 Å². The van der Waals surface area contributed by atoms with E-state index in [0.717, 1.165) is 0 Å². The zero-order chi connectivity index (χ0) is 22.6. The van der Waals surface area contributed by atoms with Gasteiger partial charge in [-0.05, 0) is 12.2 Å². The third-order valence-corrected chi connectivity index (χ3v) is 2.37. The van der Waals surface area contributed by atoms with Gasteiger partial charge in [0.05, 0.1) is 0 Å². The van der Waals surface area contributed by atoms with E-state index in [4.69, 9.17) is 0 Å². The van der Waals surface area contributed by atoms with E-state index in [-0.39, 0.29) is 0 Å². The number of rotatable bonds is 2. The summed E-state index contributed by atoms with van der Waals surface area (Å²) in [5.74, 6) is 0. The van der Waals surface area contributed by atoms with Crippen LogP contribution in [-0.4, -0.2) is 36.5 Å². The second-order valence-electron chi connectivity index (χ2n) is 4.32. The van der Waals surface area contributed by atoms with Crippen LogP contribution in [0.4, 0.5) is 70.2 Å². The Hall–Kier alpha value is -1.60. The van der Waals surface area contributed by atoms with Crippen molar-refractivity contribution in [1.82, 2.24) is 0 Å². The van der Waals surface area contributed by atoms with Gasteiger partial charge in [0.2, 0.25) is 0 Å². The molecule has 0 radical (unpaired) electrons. The van der Waals surface area contributed by atoms with E-state index in [2.05, 4.69) is 0 Å². The average molecular weight is 442 g/mol. The highest BCUT2D eigenvalue weighted by Gasteiger charge is 2.74. The molecule has 0 unspecified atom stereocenters. The van der Waals surface area contributed by atoms with Crippen molar-refractivity contribution in [2.24, 2.45) is 0 Å². The molecule has 0 aromatic rings. The average Bonchev–Trinajstić information content (AvgIpc) is 2.39. The molecule has 0 aromatic heterocycles. The Bertz CT molecular complexity index is 503. The molecule has 0 aliphatic heterocycles. The van der Waals surface area contributed by atoms with Crippen LogP contribution in [0.25, 0.3) is 0 Å². The summed E-state index contributed by atoms with van der Waals surface area (Å²) in [6.45, 7) is 0.678. The number of hydrogen-bond acceptors (Lipinski definition) is 0. The van der Waals surface area contributed by atoms with Gasteiger partial charge in [-0.3, -0.25) is 0 Å². The van der Waals surface area contributed by atoms with Gasteiger partial charge in [-0.15, -0.1) is 0 Å². The highest BCUT2D eigenvalue weighted by Crippen LogP contribution is 2.51. The van der Waals surface area contributed by atoms with Crippen molar-refractivity contribution in [3.63, 3.8) is 0 Å². The first kappa shape index (κ1) is 27.6. The molecule has 0 saturated carbocycles. The molecular formula is C11H6F16. The van der Waals surface area contributed by atoms with Crippen LogP contribution in [0.2, 0.25) is 0 Å². The second-order valence-corrected chi connectivity index (χ2v) is 4.32. The molecule has 0 nitrogen and oxygen atoms in total. The molecule has 0 N–H and O–H groups in total. The van der Waals surface area contributed by atoms with Crippen LogP contribution in [0, 0.1) is 0 Å². The smallest absolute Gasteiger partial charge is 0.227 e. The van der Waals surface area contributed by atoms with E-state index in [1.165, 1.54) is 0 Å². The Morgan fingerprint density at radius 2 is 1.00 bits per heavy atom. The number of hydrogen-bond donors (Lipinski definition) is 0. The Kier molecular flexibility index (Phi) is 8.80. The van der Waals surface area contributed by atoms with Crippen LogP contribution >= 0.6 is 0 Å². The number of alkyl halides is 14. The highest BCUT2D eigenvalue weighted by molar-refractivity contribution is 5.23. The highest BCUT2D eigenvalue weighted by atomic mass is 19.4. The Morgan fingerprint density at radius 3 is 1.11 bits per heavy atom. The van der Waals surface area contributed by atoms with E-state index >= 15 is 0 Å². The largest absolute Gasteiger partial charge is 0.436 e. The fourth-order valence-corrected chi connectivity index (χ4v) is 1.22. The minimum Gasteiger partial charge on any atom is -0.227 e. The lowest BCUT2D eigenvalue weighted by Crippen LogP contribution is -2.54. The summed E-state index contributed by atoms with van der Waals surface area (Å²) in [7, 11) is 0. The van der Waals surface area contributed by atoms with Crippen molar-refractivity contribution < 1.29 is 70.2 Å². The zero-order valence-electron chi connectivity index (χ0n) is 12.3. The third-order valence-electron chi connectivity index (χ3n) is 2.37. The first-order valence-electron chi connectivity index (χ1n) is 5.94. The van der Waals surface area contributed by atoms with Crippen molar-refractivity contribution >= 4 is 0 Å². The first-order chi connectivity index (χ1) is 11.5. The lowest BCUT2D eigenvalue weighted by molar-refractivity contribution is -0.326. The molecule has 0 heterocycles. The van der Waals surface area contributed by atoms with Gasteiger partial charge in [-0.1, -0.05) is 6.92 Å². The Morgan fingerprint density at radius 1 is 0.704 bits per heavy atom. The van der Waals surface area contributed by atoms with Crippen LogP contribution < -0.4 is 0 Å². The minimum atomic E-state index is -6.39. The zero-order valence-corrected chi connectivity index (χ0v) is 12.3. The molecule has 0 fully saturated rings. The molecule has 162 valence electrons. The number of allylic oxidation sites excluding steroid dienone is 1. The summed E-state index contributed by atoms with van der Waals surface area (Å²) in [6.07, 6.45) is -33.4. The van der Waals surface area contributed by atoms with Gasteiger partial charge in [-0.25, -0.2) is 8.78 Å². The predicted molar refractivity (Wildman–Crippen MR) is 56.0 cm³/mol. The standard InChI is InChI=1S/C8H5F9.C3HF7/c1-2-4(3-5(9)10)6(11,7(12,13)14)8(15,16)17;4-1(2(5,6)7)3(8,9)10/h2H2,1H3;1H. The van der Waals surface area contributed by atoms with E-state index < -0.39 is 54.6 Å². The van der Waals surface area contributed by atoms with Crippen LogP contribution in [0.15, 0.2) is 17.4 Å². The molecule has 27 heavy (non-hydrogen) atoms. The molecule has 0 spiro atoms. The lowest BCUT2D eigenvalue weighted by atomic mass is 9.92. The summed E-state index contributed by atoms with van der Waals surface area (Å²) in [6, 6.07) is 0. The van der Waals surface area contributed by atoms with E-state index in [9.17, 15) is 70.2 Å². The van der Waals surface area contributed by atoms with E-state index in [1.807, 2.05) is 0 Å². The monoisotopic (exact) mass is 442 g/mol. The van der Waals surface area contributed by atoms with Gasteiger partial charge in [0.1, 0.15) is 0 Å². The fourth-order valence-electron chi connectivity index (χ4n) is 1.22. The molecule has 0 aliphatic rings. The lowest BCUT2D eigenvalue weighted by Gasteiger charge is -2.30. The van der Waals surface area contributed by atoms with E-state index in [0.29, 0.717) is 12.7 Å². The summed E-state index contributed by atoms with van der Waals surface area (Å²) in [5.41, 5.74) is -7.56. The maximum Gasteiger partial charge on any atom is 0.436 e. The van der Waals surface area contributed by atoms with Crippen molar-refractivity contribution in [2.75, 3.05) is 0 Å². The predicted octanol–water partition coefficient (Wildman–Crippen LogP) is 6.98. The van der Waals surface area contributed by atoms with Gasteiger partial charge in [0.25, 0.3) is 6.17 Å². The SMILES string of the molecule is CCC(=C=C(F)F)C(F)(C(F)(F)F)C(F)(F)F.FC(C(F)(F)F)C(F)(F)F. The molecule has 16 heteroatoms. The molecule has 0 aliphatic carbocycles. The van der Waals surface area contributed by atoms with E-state index in [1.54, 1.807) is 0 Å². The van der Waals surface area contributed by atoms with Gasteiger partial charge in [0.15, 0.2) is 0 Å². The Labute approximate surface area is 139 Å².